The van der Waals surface area contributed by atoms with Crippen molar-refractivity contribution in [1.82, 2.24) is 19.7 Å². The molecule has 12 heteroatoms. The number of hydrogen-bond donors (Lipinski definition) is 1. The van der Waals surface area contributed by atoms with Gasteiger partial charge in [-0.3, -0.25) is 24.4 Å². The van der Waals surface area contributed by atoms with Crippen LogP contribution in [0.1, 0.15) is 18.8 Å². The Bertz CT molecular complexity index is 1140. The predicted octanol–water partition coefficient (Wildman–Crippen LogP) is 4.84. The smallest absolute Gasteiger partial charge is 0.271 e. The summed E-state index contributed by atoms with van der Waals surface area (Å²) in [5.41, 5.74) is 0.822. The van der Waals surface area contributed by atoms with Gasteiger partial charge < -0.3 is 5.32 Å². The summed E-state index contributed by atoms with van der Waals surface area (Å²) in [7, 11) is 3.88. The van der Waals surface area contributed by atoms with E-state index in [4.69, 9.17) is 23.2 Å². The fourth-order valence-corrected chi connectivity index (χ4v) is 3.80. The lowest BCUT2D eigenvalue weighted by Gasteiger charge is -2.20. The van der Waals surface area contributed by atoms with Crippen LogP contribution >= 0.6 is 35.0 Å². The number of aromatic nitrogens is 3. The maximum absolute atomic E-state index is 12.5. The number of thioether (sulfide) groups is 1. The molecule has 3 aromatic rings. The van der Waals surface area contributed by atoms with Gasteiger partial charge in [0.1, 0.15) is 0 Å². The number of nitrogens with one attached hydrogen (secondary N) is 1. The highest BCUT2D eigenvalue weighted by Gasteiger charge is 2.22. The van der Waals surface area contributed by atoms with Gasteiger partial charge in [-0.1, -0.05) is 35.0 Å². The first kappa shape index (κ1) is 24.0. The molecule has 1 unspecified atom stereocenters. The molecule has 2 aromatic carbocycles. The number of anilines is 1. The Morgan fingerprint density at radius 1 is 1.22 bits per heavy atom. The van der Waals surface area contributed by atoms with Gasteiger partial charge in [0.25, 0.3) is 5.69 Å². The Morgan fingerprint density at radius 3 is 2.53 bits per heavy atom. The van der Waals surface area contributed by atoms with Gasteiger partial charge in [0, 0.05) is 22.8 Å². The van der Waals surface area contributed by atoms with Crippen molar-refractivity contribution >= 4 is 52.2 Å². The van der Waals surface area contributed by atoms with E-state index in [-0.39, 0.29) is 34.1 Å². The van der Waals surface area contributed by atoms with Gasteiger partial charge in [-0.05, 0) is 51.4 Å². The maximum atomic E-state index is 12.5. The molecule has 0 bridgehead atoms. The summed E-state index contributed by atoms with van der Waals surface area (Å²) in [6.07, 6.45) is 0. The van der Waals surface area contributed by atoms with Crippen LogP contribution in [0.4, 0.5) is 11.4 Å². The minimum absolute atomic E-state index is 0.00108. The number of nitrogens with zero attached hydrogens (tertiary/aromatic N) is 5. The number of amides is 1. The zero-order valence-electron chi connectivity index (χ0n) is 17.5. The zero-order valence-corrected chi connectivity index (χ0v) is 19.8. The van der Waals surface area contributed by atoms with Crippen LogP contribution in [0.15, 0.2) is 47.6 Å². The Balaban J connectivity index is 1.82. The number of carbonyl (C=O) groups is 1. The molecule has 9 nitrogen and oxygen atoms in total. The van der Waals surface area contributed by atoms with Crippen molar-refractivity contribution in [2.24, 2.45) is 0 Å². The molecule has 1 heterocycles. The van der Waals surface area contributed by atoms with Gasteiger partial charge in [-0.25, -0.2) is 0 Å². The van der Waals surface area contributed by atoms with Crippen molar-refractivity contribution in [3.63, 3.8) is 0 Å². The van der Waals surface area contributed by atoms with E-state index in [0.717, 1.165) is 5.69 Å². The van der Waals surface area contributed by atoms with Crippen molar-refractivity contribution in [2.45, 2.75) is 18.1 Å². The summed E-state index contributed by atoms with van der Waals surface area (Å²) in [4.78, 5) is 24.9. The summed E-state index contributed by atoms with van der Waals surface area (Å²) in [6, 6.07) is 11.1. The second kappa shape index (κ2) is 10.3. The van der Waals surface area contributed by atoms with Gasteiger partial charge in [-0.15, -0.1) is 10.2 Å². The van der Waals surface area contributed by atoms with Crippen LogP contribution in [-0.4, -0.2) is 50.3 Å². The second-order valence-corrected chi connectivity index (χ2v) is 8.84. The van der Waals surface area contributed by atoms with E-state index >= 15 is 0 Å². The average Bonchev–Trinajstić information content (AvgIpc) is 3.17. The fourth-order valence-electron chi connectivity index (χ4n) is 2.75. The molecule has 0 aliphatic carbocycles. The number of carbonyl (C=O) groups excluding carboxylic acids is 1. The first-order chi connectivity index (χ1) is 15.2. The van der Waals surface area contributed by atoms with Crippen LogP contribution in [0.5, 0.6) is 0 Å². The summed E-state index contributed by atoms with van der Waals surface area (Å²) in [5.74, 6) is 0.327. The third kappa shape index (κ3) is 5.57. The molecule has 0 saturated heterocycles. The van der Waals surface area contributed by atoms with E-state index in [1.165, 1.54) is 30.0 Å². The molecule has 0 aliphatic heterocycles. The lowest BCUT2D eigenvalue weighted by molar-refractivity contribution is -0.384. The van der Waals surface area contributed by atoms with E-state index in [9.17, 15) is 14.9 Å². The van der Waals surface area contributed by atoms with Gasteiger partial charge in [-0.2, -0.15) is 0 Å². The first-order valence-corrected chi connectivity index (χ1v) is 11.2. The lowest BCUT2D eigenvalue weighted by Crippen LogP contribution is -2.21. The molecule has 0 fully saturated rings. The van der Waals surface area contributed by atoms with Gasteiger partial charge in [0.2, 0.25) is 5.91 Å². The minimum Gasteiger partial charge on any atom is -0.324 e. The molecule has 1 atom stereocenters. The summed E-state index contributed by atoms with van der Waals surface area (Å²) in [5, 5.41) is 23.5. The number of rotatable bonds is 8. The molecule has 1 aromatic heterocycles. The van der Waals surface area contributed by atoms with Crippen LogP contribution in [0, 0.1) is 10.1 Å². The molecule has 1 amide bonds. The molecule has 168 valence electrons. The number of hydrogen-bond acceptors (Lipinski definition) is 7. The number of nitro benzene ring substituents is 1. The van der Waals surface area contributed by atoms with Crippen LogP contribution in [-0.2, 0) is 4.79 Å². The predicted molar refractivity (Wildman–Crippen MR) is 126 cm³/mol. The summed E-state index contributed by atoms with van der Waals surface area (Å²) in [6.45, 7) is 2.00. The van der Waals surface area contributed by atoms with Crippen LogP contribution in [0.3, 0.4) is 0 Å². The highest BCUT2D eigenvalue weighted by Crippen LogP contribution is 2.29. The number of non-ortho nitro benzene ring substituents is 1. The van der Waals surface area contributed by atoms with Crippen molar-refractivity contribution in [3.05, 3.63) is 68.4 Å². The molecular weight excluding hydrogens is 475 g/mol. The number of benzene rings is 2. The minimum atomic E-state index is -0.553. The van der Waals surface area contributed by atoms with Gasteiger partial charge >= 0.3 is 0 Å². The molecule has 32 heavy (non-hydrogen) atoms. The van der Waals surface area contributed by atoms with Crippen molar-refractivity contribution in [1.29, 1.82) is 0 Å². The van der Waals surface area contributed by atoms with E-state index < -0.39 is 4.92 Å². The molecule has 0 spiro atoms. The van der Waals surface area contributed by atoms with E-state index in [2.05, 4.69) is 15.5 Å². The maximum Gasteiger partial charge on any atom is 0.271 e. The standard InChI is InChI=1S/C20H20Cl2N6O3S/c1-12(26(2)3)19-24-25-20(27(19)14-6-4-13(21)5-7-14)32-11-18(29)23-17-10-15(28(30)31)8-9-16(17)22/h4-10,12H,11H2,1-3H3,(H,23,29). The topological polar surface area (TPSA) is 106 Å². The van der Waals surface area contributed by atoms with Crippen molar-refractivity contribution in [3.8, 4) is 5.69 Å². The van der Waals surface area contributed by atoms with Crippen molar-refractivity contribution in [2.75, 3.05) is 25.2 Å². The summed E-state index contributed by atoms with van der Waals surface area (Å²) < 4.78 is 1.87. The highest BCUT2D eigenvalue weighted by atomic mass is 35.5. The van der Waals surface area contributed by atoms with Crippen LogP contribution < -0.4 is 5.32 Å². The SMILES string of the molecule is CC(c1nnc(SCC(=O)Nc2cc([N+](=O)[O-])ccc2Cl)n1-c1ccc(Cl)cc1)N(C)C. The van der Waals surface area contributed by atoms with Crippen LogP contribution in [0.2, 0.25) is 10.0 Å². The molecule has 0 saturated carbocycles. The average molecular weight is 495 g/mol. The largest absolute Gasteiger partial charge is 0.324 e. The Morgan fingerprint density at radius 2 is 1.91 bits per heavy atom. The van der Waals surface area contributed by atoms with Crippen LogP contribution in [0.25, 0.3) is 5.69 Å². The normalized spacial score (nSPS) is 12.1. The fraction of sp³-hybridized carbons (Fsp3) is 0.250. The molecular formula is C20H20Cl2N6O3S. The summed E-state index contributed by atoms with van der Waals surface area (Å²) >= 11 is 13.3. The Kier molecular flexibility index (Phi) is 7.73. The molecule has 3 rings (SSSR count). The molecule has 0 aliphatic rings. The Labute approximate surface area is 198 Å². The molecule has 0 radical (unpaired) electrons. The second-order valence-electron chi connectivity index (χ2n) is 7.05. The Hall–Kier alpha value is -2.66. The van der Waals surface area contributed by atoms with Gasteiger partial charge in [0.15, 0.2) is 11.0 Å². The van der Waals surface area contributed by atoms with E-state index in [0.29, 0.717) is 16.0 Å². The quantitative estimate of drug-likeness (QED) is 0.271. The van der Waals surface area contributed by atoms with Gasteiger partial charge in [0.05, 0.1) is 27.4 Å². The first-order valence-electron chi connectivity index (χ1n) is 9.41. The number of halogens is 2. The number of nitro groups is 1. The molecule has 1 N–H and O–H groups in total. The third-order valence-corrected chi connectivity index (χ3v) is 6.17. The zero-order chi connectivity index (χ0) is 23.4. The third-order valence-electron chi connectivity index (χ3n) is 4.66. The van der Waals surface area contributed by atoms with Crippen molar-refractivity contribution < 1.29 is 9.72 Å². The van der Waals surface area contributed by atoms with E-state index in [1.54, 1.807) is 12.1 Å². The highest BCUT2D eigenvalue weighted by molar-refractivity contribution is 7.99. The monoisotopic (exact) mass is 494 g/mol. The van der Waals surface area contributed by atoms with E-state index in [1.807, 2.05) is 42.6 Å². The lowest BCUT2D eigenvalue weighted by atomic mass is 10.2.